The predicted molar refractivity (Wildman–Crippen MR) is 178 cm³/mol. The topological polar surface area (TPSA) is 98.7 Å². The fraction of sp³-hybridized carbons (Fsp3) is 1.00. The van der Waals surface area contributed by atoms with E-state index in [1.165, 1.54) is 13.0 Å². The number of rotatable bonds is 15. The van der Waals surface area contributed by atoms with E-state index in [2.05, 4.69) is 66.1 Å². The van der Waals surface area contributed by atoms with E-state index in [4.69, 9.17) is 32.3 Å². The number of hydrogen-bond donors (Lipinski definition) is 1. The van der Waals surface area contributed by atoms with E-state index >= 15 is 0 Å². The smallest absolute Gasteiger partial charge is 0.665 e. The summed E-state index contributed by atoms with van der Waals surface area (Å²) in [7, 11) is 7.56. The van der Waals surface area contributed by atoms with Crippen LogP contribution >= 0.6 is 17.6 Å². The van der Waals surface area contributed by atoms with Gasteiger partial charge in [-0.2, -0.15) is 6.54 Å². The molecule has 226 valence electrons. The van der Waals surface area contributed by atoms with Gasteiger partial charge in [-0.25, -0.2) is 0 Å². The molecule has 2 unspecified atom stereocenters. The first-order valence-electron chi connectivity index (χ1n) is 13.0. The van der Waals surface area contributed by atoms with Gasteiger partial charge in [-0.15, -0.1) is 0 Å². The summed E-state index contributed by atoms with van der Waals surface area (Å²) in [6, 6.07) is 3.07. The molecule has 1 rings (SSSR count). The quantitative estimate of drug-likeness (QED) is 0.162. The van der Waals surface area contributed by atoms with Crippen molar-refractivity contribution >= 4 is 59.2 Å². The maximum absolute atomic E-state index is 5.66. The molecule has 0 amide bonds. The van der Waals surface area contributed by atoms with Crippen LogP contribution in [0.15, 0.2) is 0 Å². The average Bonchev–Trinajstić information content (AvgIpc) is 3.31. The fourth-order valence-electron chi connectivity index (χ4n) is 3.78. The molecule has 1 aliphatic heterocycles. The molecule has 0 aromatic carbocycles. The monoisotopic (exact) mass is 659 g/mol. The number of hydrogen-bond acceptors (Lipinski definition) is 8. The predicted octanol–water partition coefficient (Wildman–Crippen LogP) is 1.90. The molecule has 0 aromatic rings. The minimum Gasteiger partial charge on any atom is -0.665 e. The van der Waals surface area contributed by atoms with E-state index in [1.54, 1.807) is 42.7 Å². The Morgan fingerprint density at radius 3 is 1.50 bits per heavy atom. The molecule has 1 fully saturated rings. The molecule has 0 bridgehead atoms. The van der Waals surface area contributed by atoms with Gasteiger partial charge in [-0.3, -0.25) is 0 Å². The van der Waals surface area contributed by atoms with E-state index < -0.39 is 41.7 Å². The summed E-state index contributed by atoms with van der Waals surface area (Å²) >= 11 is 0. The molecule has 2 N–H and O–H groups in total. The van der Waals surface area contributed by atoms with Crippen LogP contribution in [-0.4, -0.2) is 108 Å². The summed E-state index contributed by atoms with van der Waals surface area (Å²) in [5, 5.41) is 0. The Balaban J connectivity index is -0.000000484. The van der Waals surface area contributed by atoms with Crippen LogP contribution < -0.4 is 24.6 Å². The van der Waals surface area contributed by atoms with Gasteiger partial charge in [-0.1, -0.05) is 71.5 Å². The second-order valence-corrected chi connectivity index (χ2v) is 35.5. The van der Waals surface area contributed by atoms with Gasteiger partial charge in [0.25, 0.3) is 0 Å². The second kappa shape index (κ2) is 21.8. The first-order chi connectivity index (χ1) is 17.0. The molecule has 0 saturated carbocycles. The number of nitrogens with two attached hydrogens (primary N) is 1. The van der Waals surface area contributed by atoms with Gasteiger partial charge in [0.05, 0.1) is 0 Å². The van der Waals surface area contributed by atoms with Crippen molar-refractivity contribution in [2.75, 3.05) is 62.3 Å². The molecule has 0 radical (unpaired) electrons. The van der Waals surface area contributed by atoms with Crippen molar-refractivity contribution in [2.45, 2.75) is 76.7 Å². The van der Waals surface area contributed by atoms with Gasteiger partial charge in [0.2, 0.25) is 0 Å². The maximum atomic E-state index is 5.66. The normalized spacial score (nSPS) is 16.2. The Kier molecular flexibility index (Phi) is 25.6. The van der Waals surface area contributed by atoms with Crippen molar-refractivity contribution in [3.63, 3.8) is 0 Å². The third-order valence-electron chi connectivity index (χ3n) is 6.11. The third kappa shape index (κ3) is 18.7. The van der Waals surface area contributed by atoms with Crippen LogP contribution in [0.5, 0.6) is 0 Å². The van der Waals surface area contributed by atoms with E-state index in [0.29, 0.717) is 6.54 Å². The molecule has 9 nitrogen and oxygen atoms in total. The Morgan fingerprint density at radius 2 is 1.21 bits per heavy atom. The van der Waals surface area contributed by atoms with Gasteiger partial charge in [-0.05, 0) is 38.0 Å². The largest absolute Gasteiger partial charge is 1.00 e. The van der Waals surface area contributed by atoms with Crippen LogP contribution in [0.1, 0.15) is 19.3 Å². The van der Waals surface area contributed by atoms with Gasteiger partial charge < -0.3 is 41.5 Å². The molecular weight excluding hydrogens is 600 g/mol. The van der Waals surface area contributed by atoms with Crippen molar-refractivity contribution in [2.24, 2.45) is 5.73 Å². The van der Waals surface area contributed by atoms with Crippen molar-refractivity contribution < 1.29 is 45.4 Å². The van der Waals surface area contributed by atoms with Crippen LogP contribution in [-0.2, 0) is 26.6 Å². The SMILES string of the molecule is CO[Si](P)(CCCN)OC.CO[Si](P)(CCC[N-][Si](C)(C)C)OC.CO[Si]1(OC)CCCN1[Si](C)(C)C.[Li+]. The van der Waals surface area contributed by atoms with Crippen molar-refractivity contribution in [1.82, 2.24) is 4.23 Å². The molecule has 1 saturated heterocycles. The minimum absolute atomic E-state index is 0. The Bertz CT molecular complexity index is 587. The fourth-order valence-corrected chi connectivity index (χ4v) is 16.5. The first-order valence-corrected chi connectivity index (χ1v) is 29.6. The Labute approximate surface area is 257 Å². The van der Waals surface area contributed by atoms with E-state index in [-0.39, 0.29) is 18.9 Å². The van der Waals surface area contributed by atoms with Gasteiger partial charge >= 0.3 is 44.0 Å². The molecule has 2 atom stereocenters. The molecule has 0 spiro atoms. The molecule has 38 heavy (non-hydrogen) atoms. The summed E-state index contributed by atoms with van der Waals surface area (Å²) in [5.74, 6) is 0. The van der Waals surface area contributed by atoms with Crippen LogP contribution in [0.4, 0.5) is 0 Å². The Hall–Kier alpha value is 2.18. The third-order valence-corrected chi connectivity index (χ3v) is 24.9. The van der Waals surface area contributed by atoms with Crippen LogP contribution in [0.2, 0.25) is 57.4 Å². The molecule has 1 aliphatic rings. The molecular formula is C21H60LiN3O6P2Si5. The zero-order valence-corrected chi connectivity index (χ0v) is 34.2. The molecule has 1 heterocycles. The maximum Gasteiger partial charge on any atom is 1.00 e. The van der Waals surface area contributed by atoms with Crippen molar-refractivity contribution in [3.8, 4) is 0 Å². The number of nitrogens with zero attached hydrogens (tertiary/aromatic N) is 2. The van der Waals surface area contributed by atoms with E-state index in [9.17, 15) is 0 Å². The average molecular weight is 660 g/mol. The zero-order valence-electron chi connectivity index (χ0n) is 26.9. The second-order valence-electron chi connectivity index (χ2n) is 11.0. The van der Waals surface area contributed by atoms with Crippen LogP contribution in [0.3, 0.4) is 0 Å². The van der Waals surface area contributed by atoms with E-state index in [1.807, 2.05) is 0 Å². The van der Waals surface area contributed by atoms with Crippen LogP contribution in [0.25, 0.3) is 4.98 Å². The molecule has 17 heteroatoms. The zero-order chi connectivity index (χ0) is 29.4. The van der Waals surface area contributed by atoms with E-state index in [0.717, 1.165) is 37.5 Å². The Morgan fingerprint density at radius 1 is 0.789 bits per heavy atom. The standard InChI is InChI=1S/C8H23NO2PSi2.C8H21NO2Si2.C5H16NO2PSi.Li/c1-10-14(12,11-2)8-6-7-9-13(3,4)5;1-10-13(11-2)8-6-7-9(13)12(3,4)5;1-7-10(9,8-2)5-3-4-6;/h6-8,12H2,1-5H3;6-8H2,1-5H3;3-6,9H2,1-2H3;/q-1;;;+1. The summed E-state index contributed by atoms with van der Waals surface area (Å²) in [4.78, 5) is 4.67. The summed E-state index contributed by atoms with van der Waals surface area (Å²) in [6.07, 6.45) is 3.28. The van der Waals surface area contributed by atoms with Crippen molar-refractivity contribution in [1.29, 1.82) is 0 Å². The minimum atomic E-state index is -1.95. The molecule has 0 aromatic heterocycles. The summed E-state index contributed by atoms with van der Waals surface area (Å²) in [5.41, 5.74) is 5.35. The van der Waals surface area contributed by atoms with Gasteiger partial charge in [0.15, 0.2) is 0 Å². The summed E-state index contributed by atoms with van der Waals surface area (Å²) < 4.78 is 35.0. The van der Waals surface area contributed by atoms with Crippen molar-refractivity contribution in [3.05, 3.63) is 4.98 Å². The van der Waals surface area contributed by atoms with Gasteiger partial charge in [0, 0.05) is 48.7 Å². The molecule has 0 aliphatic carbocycles. The summed E-state index contributed by atoms with van der Waals surface area (Å²) in [6.45, 7) is 16.7. The van der Waals surface area contributed by atoms with Crippen LogP contribution in [0, 0.1) is 0 Å². The first kappa shape index (κ1) is 44.6. The van der Waals surface area contributed by atoms with Gasteiger partial charge in [0.1, 0.15) is 8.24 Å².